The number of anilines is 1. The SMILES string of the molecule is CCOc1ccc(NS(=O)(=O)c2cc(-c3nnc(C4CC4)o3)cs2)cc1. The van der Waals surface area contributed by atoms with Gasteiger partial charge < -0.3 is 9.15 Å². The van der Waals surface area contributed by atoms with Gasteiger partial charge in [-0.05, 0) is 50.1 Å². The Kier molecular flexibility index (Phi) is 4.41. The van der Waals surface area contributed by atoms with Gasteiger partial charge in [-0.25, -0.2) is 8.42 Å². The second-order valence-electron chi connectivity index (χ2n) is 5.94. The Hall–Kier alpha value is -2.39. The summed E-state index contributed by atoms with van der Waals surface area (Å²) in [5.74, 6) is 2.03. The Labute approximate surface area is 155 Å². The van der Waals surface area contributed by atoms with E-state index in [-0.39, 0.29) is 4.21 Å². The second-order valence-corrected chi connectivity index (χ2v) is 8.76. The van der Waals surface area contributed by atoms with Crippen molar-refractivity contribution in [2.45, 2.75) is 29.9 Å². The van der Waals surface area contributed by atoms with Gasteiger partial charge in [0.05, 0.1) is 12.2 Å². The quantitative estimate of drug-likeness (QED) is 0.657. The number of hydrogen-bond acceptors (Lipinski definition) is 7. The van der Waals surface area contributed by atoms with Gasteiger partial charge in [0.1, 0.15) is 9.96 Å². The highest BCUT2D eigenvalue weighted by atomic mass is 32.2. The van der Waals surface area contributed by atoms with Crippen LogP contribution >= 0.6 is 11.3 Å². The fraction of sp³-hybridized carbons (Fsp3) is 0.294. The lowest BCUT2D eigenvalue weighted by atomic mass is 10.3. The normalized spacial score (nSPS) is 14.3. The predicted octanol–water partition coefficient (Wildman–Crippen LogP) is 3.88. The van der Waals surface area contributed by atoms with Crippen LogP contribution in [0, 0.1) is 0 Å². The molecule has 9 heteroatoms. The molecule has 26 heavy (non-hydrogen) atoms. The van der Waals surface area contributed by atoms with Crippen molar-refractivity contribution in [1.82, 2.24) is 10.2 Å². The van der Waals surface area contributed by atoms with Crippen LogP contribution in [0.15, 0.2) is 44.3 Å². The van der Waals surface area contributed by atoms with Crippen LogP contribution in [0.1, 0.15) is 31.6 Å². The summed E-state index contributed by atoms with van der Waals surface area (Å²) in [6.45, 7) is 2.45. The van der Waals surface area contributed by atoms with Crippen molar-refractivity contribution < 1.29 is 17.6 Å². The lowest BCUT2D eigenvalue weighted by Crippen LogP contribution is -2.11. The summed E-state index contributed by atoms with van der Waals surface area (Å²) >= 11 is 1.11. The van der Waals surface area contributed by atoms with E-state index in [1.807, 2.05) is 6.92 Å². The Bertz CT molecular complexity index is 1000. The van der Waals surface area contributed by atoms with Crippen molar-refractivity contribution >= 4 is 27.0 Å². The minimum atomic E-state index is -3.68. The summed E-state index contributed by atoms with van der Waals surface area (Å²) in [6, 6.07) is 8.32. The maximum Gasteiger partial charge on any atom is 0.271 e. The van der Waals surface area contributed by atoms with Crippen molar-refractivity contribution in [2.24, 2.45) is 0 Å². The molecule has 0 unspecified atom stereocenters. The zero-order valence-electron chi connectivity index (χ0n) is 14.0. The summed E-state index contributed by atoms with van der Waals surface area (Å²) in [5, 5.41) is 9.75. The highest BCUT2D eigenvalue weighted by molar-refractivity contribution is 7.94. The van der Waals surface area contributed by atoms with E-state index in [2.05, 4.69) is 14.9 Å². The second kappa shape index (κ2) is 6.73. The van der Waals surface area contributed by atoms with E-state index in [1.165, 1.54) is 0 Å². The molecule has 7 nitrogen and oxygen atoms in total. The van der Waals surface area contributed by atoms with Gasteiger partial charge in [0, 0.05) is 17.0 Å². The van der Waals surface area contributed by atoms with Gasteiger partial charge >= 0.3 is 0 Å². The first kappa shape index (κ1) is 17.0. The molecule has 136 valence electrons. The fourth-order valence-corrected chi connectivity index (χ4v) is 4.62. The summed E-state index contributed by atoms with van der Waals surface area (Å²) in [6.07, 6.45) is 2.13. The van der Waals surface area contributed by atoms with Crippen molar-refractivity contribution in [3.8, 4) is 17.2 Å². The molecule has 1 aliphatic carbocycles. The molecule has 1 N–H and O–H groups in total. The lowest BCUT2D eigenvalue weighted by Gasteiger charge is -2.07. The Morgan fingerprint density at radius 1 is 1.27 bits per heavy atom. The molecule has 3 aromatic rings. The van der Waals surface area contributed by atoms with Crippen LogP contribution in [0.25, 0.3) is 11.5 Å². The highest BCUT2D eigenvalue weighted by Gasteiger charge is 2.30. The van der Waals surface area contributed by atoms with Crippen LogP contribution in [0.4, 0.5) is 5.69 Å². The van der Waals surface area contributed by atoms with Crippen LogP contribution in [0.5, 0.6) is 5.75 Å². The van der Waals surface area contributed by atoms with Gasteiger partial charge in [-0.2, -0.15) is 0 Å². The summed E-state index contributed by atoms with van der Waals surface area (Å²) in [7, 11) is -3.68. The predicted molar refractivity (Wildman–Crippen MR) is 98.0 cm³/mol. The van der Waals surface area contributed by atoms with Crippen molar-refractivity contribution in [1.29, 1.82) is 0 Å². The first-order chi connectivity index (χ1) is 12.5. The van der Waals surface area contributed by atoms with Gasteiger partial charge in [0.2, 0.25) is 11.8 Å². The summed E-state index contributed by atoms with van der Waals surface area (Å²) < 4.78 is 38.9. The zero-order valence-corrected chi connectivity index (χ0v) is 15.6. The molecule has 0 spiro atoms. The molecule has 1 fully saturated rings. The number of nitrogens with zero attached hydrogens (tertiary/aromatic N) is 2. The van der Waals surface area contributed by atoms with E-state index < -0.39 is 10.0 Å². The number of rotatable bonds is 7. The smallest absolute Gasteiger partial charge is 0.271 e. The number of hydrogen-bond donors (Lipinski definition) is 1. The molecule has 0 amide bonds. The van der Waals surface area contributed by atoms with Crippen molar-refractivity contribution in [3.63, 3.8) is 0 Å². The standard InChI is InChI=1S/C17H17N3O4S2/c1-2-23-14-7-5-13(6-8-14)20-26(21,22)15-9-12(10-25-15)17-19-18-16(24-17)11-3-4-11/h5-11,20H,2-4H2,1H3. The summed E-state index contributed by atoms with van der Waals surface area (Å²) in [5.41, 5.74) is 1.08. The zero-order chi connectivity index (χ0) is 18.1. The van der Waals surface area contributed by atoms with Gasteiger partial charge in [0.25, 0.3) is 10.0 Å². The van der Waals surface area contributed by atoms with Crippen LogP contribution < -0.4 is 9.46 Å². The van der Waals surface area contributed by atoms with Crippen LogP contribution in [0.2, 0.25) is 0 Å². The Morgan fingerprint density at radius 2 is 2.04 bits per heavy atom. The largest absolute Gasteiger partial charge is 0.494 e. The van der Waals surface area contributed by atoms with Crippen LogP contribution in [-0.4, -0.2) is 25.2 Å². The maximum atomic E-state index is 12.6. The molecule has 0 saturated heterocycles. The minimum absolute atomic E-state index is 0.188. The number of benzene rings is 1. The van der Waals surface area contributed by atoms with E-state index >= 15 is 0 Å². The van der Waals surface area contributed by atoms with Gasteiger partial charge in [-0.3, -0.25) is 4.72 Å². The first-order valence-corrected chi connectivity index (χ1v) is 10.6. The molecule has 0 aliphatic heterocycles. The third kappa shape index (κ3) is 3.58. The van der Waals surface area contributed by atoms with Crippen molar-refractivity contribution in [2.75, 3.05) is 11.3 Å². The van der Waals surface area contributed by atoms with Gasteiger partial charge in [-0.1, -0.05) is 0 Å². The molecule has 2 heterocycles. The third-order valence-corrected chi connectivity index (χ3v) is 6.69. The molecular formula is C17H17N3O4S2. The molecule has 0 radical (unpaired) electrons. The molecule has 0 atom stereocenters. The minimum Gasteiger partial charge on any atom is -0.494 e. The topological polar surface area (TPSA) is 94.3 Å². The number of nitrogens with one attached hydrogen (secondary N) is 1. The van der Waals surface area contributed by atoms with E-state index in [4.69, 9.17) is 9.15 Å². The first-order valence-electron chi connectivity index (χ1n) is 8.23. The molecule has 0 bridgehead atoms. The molecular weight excluding hydrogens is 374 g/mol. The number of thiophene rings is 1. The highest BCUT2D eigenvalue weighted by Crippen LogP contribution is 2.40. The van der Waals surface area contributed by atoms with E-state index in [0.29, 0.717) is 41.3 Å². The van der Waals surface area contributed by atoms with Gasteiger partial charge in [-0.15, -0.1) is 21.5 Å². The third-order valence-electron chi connectivity index (χ3n) is 3.87. The van der Waals surface area contributed by atoms with E-state index in [1.54, 1.807) is 35.7 Å². The lowest BCUT2D eigenvalue weighted by molar-refractivity contribution is 0.340. The number of sulfonamides is 1. The van der Waals surface area contributed by atoms with E-state index in [9.17, 15) is 8.42 Å². The van der Waals surface area contributed by atoms with Crippen molar-refractivity contribution in [3.05, 3.63) is 41.6 Å². The average molecular weight is 391 g/mol. The van der Waals surface area contributed by atoms with E-state index in [0.717, 1.165) is 24.2 Å². The molecule has 1 saturated carbocycles. The summed E-state index contributed by atoms with van der Waals surface area (Å²) in [4.78, 5) is 0. The van der Waals surface area contributed by atoms with Gasteiger partial charge in [0.15, 0.2) is 0 Å². The fourth-order valence-electron chi connectivity index (χ4n) is 2.41. The number of ether oxygens (including phenoxy) is 1. The monoisotopic (exact) mass is 391 g/mol. The van der Waals surface area contributed by atoms with Crippen LogP contribution in [0.3, 0.4) is 0 Å². The molecule has 2 aromatic heterocycles. The molecule has 1 aliphatic rings. The average Bonchev–Trinajstić information content (AvgIpc) is 3.14. The molecule has 4 rings (SSSR count). The number of aromatic nitrogens is 2. The maximum absolute atomic E-state index is 12.6. The van der Waals surface area contributed by atoms with Crippen LogP contribution in [-0.2, 0) is 10.0 Å². The Balaban J connectivity index is 1.51. The molecule has 1 aromatic carbocycles. The Morgan fingerprint density at radius 3 is 2.73 bits per heavy atom.